The largest absolute Gasteiger partial charge is 0.476 e. The van der Waals surface area contributed by atoms with Gasteiger partial charge in [0.15, 0.2) is 0 Å². The van der Waals surface area contributed by atoms with Crippen molar-refractivity contribution in [2.24, 2.45) is 0 Å². The highest BCUT2D eigenvalue weighted by Crippen LogP contribution is 2.21. The third kappa shape index (κ3) is 5.22. The van der Waals surface area contributed by atoms with Crippen molar-refractivity contribution in [2.45, 2.75) is 32.2 Å². The van der Waals surface area contributed by atoms with E-state index in [0.29, 0.717) is 17.1 Å². The minimum Gasteiger partial charge on any atom is -0.476 e. The van der Waals surface area contributed by atoms with Gasteiger partial charge in [0.1, 0.15) is 30.1 Å². The maximum Gasteiger partial charge on any atom is 0.267 e. The zero-order chi connectivity index (χ0) is 24.1. The van der Waals surface area contributed by atoms with E-state index in [9.17, 15) is 14.0 Å². The number of ether oxygens (including phenoxy) is 1. The van der Waals surface area contributed by atoms with Gasteiger partial charge in [-0.2, -0.15) is 5.10 Å². The molecule has 178 valence electrons. The molecule has 3 aromatic rings. The predicted molar refractivity (Wildman–Crippen MR) is 125 cm³/mol. The van der Waals surface area contributed by atoms with Gasteiger partial charge in [-0.1, -0.05) is 0 Å². The number of benzene rings is 1. The van der Waals surface area contributed by atoms with Gasteiger partial charge in [-0.15, -0.1) is 0 Å². The van der Waals surface area contributed by atoms with E-state index in [-0.39, 0.29) is 24.9 Å². The summed E-state index contributed by atoms with van der Waals surface area (Å²) in [5, 5.41) is 7.14. The van der Waals surface area contributed by atoms with Crippen LogP contribution in [0.25, 0.3) is 11.3 Å². The zero-order valence-corrected chi connectivity index (χ0v) is 19.2. The summed E-state index contributed by atoms with van der Waals surface area (Å²) >= 11 is 0. The molecular formula is C24H27FN6O3. The average Bonchev–Trinajstić information content (AvgIpc) is 3.38. The maximum absolute atomic E-state index is 13.2. The second-order valence-electron chi connectivity index (χ2n) is 8.55. The Morgan fingerprint density at radius 2 is 1.85 bits per heavy atom. The van der Waals surface area contributed by atoms with Crippen LogP contribution in [0.15, 0.2) is 53.6 Å². The molecule has 0 unspecified atom stereocenters. The molecule has 1 amide bonds. The normalized spacial score (nSPS) is 13.7. The van der Waals surface area contributed by atoms with Crippen molar-refractivity contribution in [3.8, 4) is 17.1 Å². The summed E-state index contributed by atoms with van der Waals surface area (Å²) in [6, 6.07) is 10.5. The molecule has 3 heterocycles. The third-order valence-corrected chi connectivity index (χ3v) is 5.72. The van der Waals surface area contributed by atoms with E-state index in [1.807, 2.05) is 0 Å². The monoisotopic (exact) mass is 466 g/mol. The molecule has 4 rings (SSSR count). The summed E-state index contributed by atoms with van der Waals surface area (Å²) in [6.45, 7) is 5.58. The van der Waals surface area contributed by atoms with Crippen LogP contribution in [0.5, 0.6) is 5.88 Å². The molecule has 0 saturated carbocycles. The number of carbonyl (C=O) groups is 1. The van der Waals surface area contributed by atoms with Gasteiger partial charge in [0.2, 0.25) is 11.8 Å². The van der Waals surface area contributed by atoms with Crippen LogP contribution in [0.1, 0.15) is 26.7 Å². The first kappa shape index (κ1) is 23.3. The highest BCUT2D eigenvalue weighted by atomic mass is 19.1. The van der Waals surface area contributed by atoms with Gasteiger partial charge in [0, 0.05) is 30.8 Å². The predicted octanol–water partition coefficient (Wildman–Crippen LogP) is 2.37. The molecule has 2 aromatic heterocycles. The quantitative estimate of drug-likeness (QED) is 0.509. The number of nitrogens with zero attached hydrogens (tertiary/aromatic N) is 5. The number of amides is 1. The van der Waals surface area contributed by atoms with Gasteiger partial charge in [-0.05, 0) is 57.0 Å². The minimum atomic E-state index is -1.26. The molecule has 1 saturated heterocycles. The highest BCUT2D eigenvalue weighted by molar-refractivity contribution is 5.83. The number of carbonyl (C=O) groups excluding carboxylic acids is 1. The lowest BCUT2D eigenvalue weighted by Crippen LogP contribution is -2.50. The summed E-state index contributed by atoms with van der Waals surface area (Å²) in [6.07, 6.45) is 3.76. The van der Waals surface area contributed by atoms with Crippen LogP contribution in [0.3, 0.4) is 0 Å². The van der Waals surface area contributed by atoms with Gasteiger partial charge < -0.3 is 15.0 Å². The lowest BCUT2D eigenvalue weighted by atomic mass is 10.0. The second-order valence-corrected chi connectivity index (χ2v) is 8.55. The van der Waals surface area contributed by atoms with Crippen LogP contribution in [-0.2, 0) is 10.3 Å². The summed E-state index contributed by atoms with van der Waals surface area (Å²) in [5.41, 5.74) is -0.581. The van der Waals surface area contributed by atoms with Crippen LogP contribution in [-0.4, -0.2) is 51.9 Å². The molecular weight excluding hydrogens is 439 g/mol. The molecule has 0 spiro atoms. The smallest absolute Gasteiger partial charge is 0.267 e. The highest BCUT2D eigenvalue weighted by Gasteiger charge is 2.32. The number of hydrogen-bond donors (Lipinski definition) is 1. The zero-order valence-electron chi connectivity index (χ0n) is 19.2. The molecule has 0 aliphatic carbocycles. The fraction of sp³-hybridized carbons (Fsp3) is 0.375. The fourth-order valence-electron chi connectivity index (χ4n) is 3.75. The second kappa shape index (κ2) is 9.98. The molecule has 1 N–H and O–H groups in total. The van der Waals surface area contributed by atoms with Gasteiger partial charge >= 0.3 is 0 Å². The van der Waals surface area contributed by atoms with Crippen LogP contribution in [0, 0.1) is 5.82 Å². The van der Waals surface area contributed by atoms with Crippen molar-refractivity contribution in [2.75, 3.05) is 31.1 Å². The Bertz CT molecular complexity index is 1210. The van der Waals surface area contributed by atoms with Crippen molar-refractivity contribution in [1.29, 1.82) is 0 Å². The first-order valence-corrected chi connectivity index (χ1v) is 11.2. The van der Waals surface area contributed by atoms with Gasteiger partial charge in [0.05, 0.1) is 12.2 Å². The van der Waals surface area contributed by atoms with E-state index in [4.69, 9.17) is 4.74 Å². The van der Waals surface area contributed by atoms with E-state index in [1.165, 1.54) is 24.5 Å². The van der Waals surface area contributed by atoms with Crippen molar-refractivity contribution in [1.82, 2.24) is 25.1 Å². The number of rotatable bonds is 8. The van der Waals surface area contributed by atoms with Gasteiger partial charge in [-0.25, -0.2) is 19.0 Å². The number of anilines is 1. The Morgan fingerprint density at radius 1 is 1.12 bits per heavy atom. The fourth-order valence-corrected chi connectivity index (χ4v) is 3.75. The molecule has 0 atom stereocenters. The average molecular weight is 467 g/mol. The lowest BCUT2D eigenvalue weighted by molar-refractivity contribution is -0.129. The summed E-state index contributed by atoms with van der Waals surface area (Å²) in [4.78, 5) is 36.0. The Balaban J connectivity index is 1.37. The molecule has 0 bridgehead atoms. The molecule has 1 aliphatic rings. The first-order valence-electron chi connectivity index (χ1n) is 11.2. The van der Waals surface area contributed by atoms with E-state index in [2.05, 4.69) is 25.3 Å². The topological polar surface area (TPSA) is 102 Å². The Hall–Kier alpha value is -3.82. The maximum atomic E-state index is 13.2. The van der Waals surface area contributed by atoms with E-state index in [0.717, 1.165) is 36.4 Å². The van der Waals surface area contributed by atoms with Gasteiger partial charge in [-0.3, -0.25) is 9.59 Å². The SMILES string of the molecule is CC(C)(C(=O)NCCOc1cc(N2CCCC2)ncn1)n1nc(-c2ccc(F)cc2)ccc1=O. The summed E-state index contributed by atoms with van der Waals surface area (Å²) < 4.78 is 20.1. The number of hydrogen-bond acceptors (Lipinski definition) is 7. The van der Waals surface area contributed by atoms with E-state index in [1.54, 1.807) is 38.1 Å². The minimum absolute atomic E-state index is 0.205. The molecule has 1 aliphatic heterocycles. The van der Waals surface area contributed by atoms with Crippen molar-refractivity contribution in [3.05, 3.63) is 65.0 Å². The Kier molecular flexibility index (Phi) is 6.85. The van der Waals surface area contributed by atoms with Crippen molar-refractivity contribution >= 4 is 11.7 Å². The number of nitrogens with one attached hydrogen (secondary N) is 1. The van der Waals surface area contributed by atoms with Gasteiger partial charge in [0.25, 0.3) is 5.56 Å². The number of aromatic nitrogens is 4. The Labute approximate surface area is 196 Å². The molecule has 1 fully saturated rings. The van der Waals surface area contributed by atoms with Crippen molar-refractivity contribution in [3.63, 3.8) is 0 Å². The lowest BCUT2D eigenvalue weighted by Gasteiger charge is -2.25. The Morgan fingerprint density at radius 3 is 2.59 bits per heavy atom. The van der Waals surface area contributed by atoms with E-state index < -0.39 is 11.1 Å². The molecule has 34 heavy (non-hydrogen) atoms. The number of halogens is 1. The molecule has 10 heteroatoms. The third-order valence-electron chi connectivity index (χ3n) is 5.72. The molecule has 1 aromatic carbocycles. The first-order chi connectivity index (χ1) is 16.3. The summed E-state index contributed by atoms with van der Waals surface area (Å²) in [7, 11) is 0. The van der Waals surface area contributed by atoms with Crippen LogP contribution in [0.4, 0.5) is 10.2 Å². The van der Waals surface area contributed by atoms with Crippen LogP contribution >= 0.6 is 0 Å². The summed E-state index contributed by atoms with van der Waals surface area (Å²) in [5.74, 6) is 0.519. The molecule has 9 nitrogen and oxygen atoms in total. The van der Waals surface area contributed by atoms with Crippen LogP contribution in [0.2, 0.25) is 0 Å². The molecule has 0 radical (unpaired) electrons. The van der Waals surface area contributed by atoms with Crippen LogP contribution < -0.4 is 20.5 Å². The standard InChI is InChI=1S/C24H27FN6O3/c1-24(2,31-22(32)10-9-19(29-31)17-5-7-18(25)8-6-17)23(33)26-11-14-34-21-15-20(27-16-28-21)30-12-3-4-13-30/h5-10,15-16H,3-4,11-14H2,1-2H3,(H,26,33). The van der Waals surface area contributed by atoms with Crippen molar-refractivity contribution < 1.29 is 13.9 Å². The van der Waals surface area contributed by atoms with E-state index >= 15 is 0 Å².